The minimum Gasteiger partial charge on any atom is -0.373 e. The zero-order valence-electron chi connectivity index (χ0n) is 5.87. The number of halogens is 3. The smallest absolute Gasteiger partial charge is 0.141 e. The second-order valence-electron chi connectivity index (χ2n) is 1.61. The monoisotopic (exact) mass is 198 g/mol. The molecule has 0 amide bonds. The summed E-state index contributed by atoms with van der Waals surface area (Å²) in [5.74, 6) is 0.366. The lowest BCUT2D eigenvalue weighted by Crippen LogP contribution is -1.90. The molecule has 1 rings (SSSR count). The van der Waals surface area contributed by atoms with Crippen molar-refractivity contribution in [2.75, 3.05) is 12.4 Å². The van der Waals surface area contributed by atoms with E-state index in [4.69, 9.17) is 0 Å². The Labute approximate surface area is 77.0 Å². The molecular weight excluding hydrogens is 190 g/mol. The van der Waals surface area contributed by atoms with Gasteiger partial charge in [-0.05, 0) is 12.1 Å². The summed E-state index contributed by atoms with van der Waals surface area (Å²) < 4.78 is 12.1. The molecule has 0 aliphatic heterocycles. The van der Waals surface area contributed by atoms with Gasteiger partial charge < -0.3 is 5.32 Å². The fraction of sp³-hybridized carbons (Fsp3) is 0.167. The minimum atomic E-state index is -0.311. The lowest BCUT2D eigenvalue weighted by atomic mass is 10.4. The summed E-state index contributed by atoms with van der Waals surface area (Å²) in [4.78, 5) is 3.71. The number of anilines is 1. The van der Waals surface area contributed by atoms with Gasteiger partial charge >= 0.3 is 0 Å². The van der Waals surface area contributed by atoms with Crippen molar-refractivity contribution < 1.29 is 4.39 Å². The number of hydrogen-bond donors (Lipinski definition) is 1. The predicted octanol–water partition coefficient (Wildman–Crippen LogP) is 2.11. The molecule has 0 bridgehead atoms. The number of nitrogens with zero attached hydrogens (tertiary/aromatic N) is 1. The predicted molar refractivity (Wildman–Crippen MR) is 48.2 cm³/mol. The van der Waals surface area contributed by atoms with Crippen LogP contribution in [0.4, 0.5) is 10.2 Å². The molecule has 1 N–H and O–H groups in total. The molecule has 11 heavy (non-hydrogen) atoms. The first-order valence-electron chi connectivity index (χ1n) is 2.62. The van der Waals surface area contributed by atoms with Gasteiger partial charge in [0.25, 0.3) is 0 Å². The molecule has 0 aromatic carbocycles. The molecule has 0 saturated carbocycles. The Hall–Kier alpha value is -0.540. The Morgan fingerprint density at radius 3 is 2.36 bits per heavy atom. The van der Waals surface area contributed by atoms with Gasteiger partial charge in [0, 0.05) is 7.05 Å². The van der Waals surface area contributed by atoms with Gasteiger partial charge in [-0.3, -0.25) is 0 Å². The van der Waals surface area contributed by atoms with E-state index < -0.39 is 0 Å². The molecule has 0 aliphatic rings. The molecule has 0 aliphatic carbocycles. The van der Waals surface area contributed by atoms with Gasteiger partial charge in [0.15, 0.2) is 0 Å². The van der Waals surface area contributed by atoms with Gasteiger partial charge in [-0.15, -0.1) is 24.8 Å². The summed E-state index contributed by atoms with van der Waals surface area (Å²) in [6.07, 6.45) is 1.17. The third-order valence-corrected chi connectivity index (χ3v) is 0.984. The summed E-state index contributed by atoms with van der Waals surface area (Å²) in [6.45, 7) is 0. The van der Waals surface area contributed by atoms with E-state index >= 15 is 0 Å². The van der Waals surface area contributed by atoms with E-state index in [-0.39, 0.29) is 30.6 Å². The van der Waals surface area contributed by atoms with Crippen LogP contribution in [0.1, 0.15) is 0 Å². The Morgan fingerprint density at radius 2 is 2.00 bits per heavy atom. The van der Waals surface area contributed by atoms with E-state index in [0.717, 1.165) is 0 Å². The molecule has 1 aromatic heterocycles. The SMILES string of the molecule is CNc1ccc(F)cn1.Cl.Cl. The second kappa shape index (κ2) is 6.19. The molecule has 0 unspecified atom stereocenters. The largest absolute Gasteiger partial charge is 0.373 e. The van der Waals surface area contributed by atoms with Crippen LogP contribution < -0.4 is 5.32 Å². The molecule has 2 nitrogen and oxygen atoms in total. The van der Waals surface area contributed by atoms with Crippen LogP contribution in [0.5, 0.6) is 0 Å². The normalized spacial score (nSPS) is 7.45. The molecule has 1 aromatic rings. The average molecular weight is 199 g/mol. The second-order valence-corrected chi connectivity index (χ2v) is 1.61. The first kappa shape index (κ1) is 13.1. The van der Waals surface area contributed by atoms with Gasteiger partial charge in [0.05, 0.1) is 6.20 Å². The Kier molecular flexibility index (Phi) is 7.36. The fourth-order valence-electron chi connectivity index (χ4n) is 0.524. The van der Waals surface area contributed by atoms with Crippen molar-refractivity contribution in [1.29, 1.82) is 0 Å². The van der Waals surface area contributed by atoms with E-state index in [9.17, 15) is 4.39 Å². The van der Waals surface area contributed by atoms with Crippen molar-refractivity contribution in [2.24, 2.45) is 0 Å². The Morgan fingerprint density at radius 1 is 1.36 bits per heavy atom. The van der Waals surface area contributed by atoms with Crippen molar-refractivity contribution in [3.05, 3.63) is 24.1 Å². The molecule has 1 heterocycles. The van der Waals surface area contributed by atoms with E-state index in [1.807, 2.05) is 0 Å². The number of rotatable bonds is 1. The van der Waals surface area contributed by atoms with Crippen molar-refractivity contribution in [3.63, 3.8) is 0 Å². The van der Waals surface area contributed by atoms with E-state index in [2.05, 4.69) is 10.3 Å². The molecule has 0 fully saturated rings. The molecular formula is C6H9Cl2FN2. The van der Waals surface area contributed by atoms with Gasteiger partial charge in [0.2, 0.25) is 0 Å². The van der Waals surface area contributed by atoms with Crippen LogP contribution in [0.3, 0.4) is 0 Å². The van der Waals surface area contributed by atoms with Gasteiger partial charge in [-0.25, -0.2) is 9.37 Å². The average Bonchev–Trinajstić information content (AvgIpc) is 1.90. The van der Waals surface area contributed by atoms with Gasteiger partial charge in [-0.2, -0.15) is 0 Å². The molecule has 0 radical (unpaired) electrons. The van der Waals surface area contributed by atoms with Crippen molar-refractivity contribution in [3.8, 4) is 0 Å². The Balaban J connectivity index is 0. The van der Waals surface area contributed by atoms with Crippen molar-refractivity contribution in [2.45, 2.75) is 0 Å². The van der Waals surface area contributed by atoms with Crippen LogP contribution in [0.25, 0.3) is 0 Å². The highest BCUT2D eigenvalue weighted by molar-refractivity contribution is 5.85. The third kappa shape index (κ3) is 4.01. The van der Waals surface area contributed by atoms with Crippen LogP contribution in [-0.4, -0.2) is 12.0 Å². The maximum Gasteiger partial charge on any atom is 0.141 e. The lowest BCUT2D eigenvalue weighted by molar-refractivity contribution is 0.622. The summed E-state index contributed by atoms with van der Waals surface area (Å²) in [5.41, 5.74) is 0. The molecule has 0 atom stereocenters. The molecule has 64 valence electrons. The van der Waals surface area contributed by atoms with Crippen LogP contribution in [-0.2, 0) is 0 Å². The van der Waals surface area contributed by atoms with E-state index in [1.165, 1.54) is 12.3 Å². The number of hydrogen-bond acceptors (Lipinski definition) is 2. The molecule has 5 heteroatoms. The lowest BCUT2D eigenvalue weighted by Gasteiger charge is -1.94. The van der Waals surface area contributed by atoms with E-state index in [1.54, 1.807) is 13.1 Å². The highest BCUT2D eigenvalue weighted by atomic mass is 35.5. The Bertz CT molecular complexity index is 190. The maximum atomic E-state index is 12.1. The first-order chi connectivity index (χ1) is 4.33. The summed E-state index contributed by atoms with van der Waals surface area (Å²) >= 11 is 0. The minimum absolute atomic E-state index is 0. The number of pyridine rings is 1. The first-order valence-corrected chi connectivity index (χ1v) is 2.62. The third-order valence-electron chi connectivity index (χ3n) is 0.984. The van der Waals surface area contributed by atoms with Crippen LogP contribution in [0.15, 0.2) is 18.3 Å². The quantitative estimate of drug-likeness (QED) is 0.749. The van der Waals surface area contributed by atoms with Crippen LogP contribution >= 0.6 is 24.8 Å². The molecule has 0 saturated heterocycles. The van der Waals surface area contributed by atoms with Gasteiger partial charge in [0.1, 0.15) is 11.6 Å². The summed E-state index contributed by atoms with van der Waals surface area (Å²) in [6, 6.07) is 2.94. The zero-order chi connectivity index (χ0) is 6.69. The summed E-state index contributed by atoms with van der Waals surface area (Å²) in [7, 11) is 1.74. The summed E-state index contributed by atoms with van der Waals surface area (Å²) in [5, 5.41) is 2.78. The highest BCUT2D eigenvalue weighted by Gasteiger charge is 1.88. The fourth-order valence-corrected chi connectivity index (χ4v) is 0.524. The standard InChI is InChI=1S/C6H7FN2.2ClH/c1-8-6-3-2-5(7)4-9-6;;/h2-4H,1H3,(H,8,9);2*1H. The maximum absolute atomic E-state index is 12.1. The van der Waals surface area contributed by atoms with E-state index in [0.29, 0.717) is 5.82 Å². The van der Waals surface area contributed by atoms with Crippen molar-refractivity contribution in [1.82, 2.24) is 4.98 Å². The topological polar surface area (TPSA) is 24.9 Å². The highest BCUT2D eigenvalue weighted by Crippen LogP contribution is 2.00. The number of aromatic nitrogens is 1. The number of nitrogens with one attached hydrogen (secondary N) is 1. The zero-order valence-corrected chi connectivity index (χ0v) is 7.51. The van der Waals surface area contributed by atoms with Crippen LogP contribution in [0.2, 0.25) is 0 Å². The molecule has 0 spiro atoms. The van der Waals surface area contributed by atoms with Crippen LogP contribution in [0, 0.1) is 5.82 Å². The van der Waals surface area contributed by atoms with Gasteiger partial charge in [-0.1, -0.05) is 0 Å². The van der Waals surface area contributed by atoms with Crippen molar-refractivity contribution >= 4 is 30.6 Å².